The smallest absolute Gasteiger partial charge is 0.195 e. The van der Waals surface area contributed by atoms with Crippen LogP contribution in [0.15, 0.2) is 54.7 Å². The van der Waals surface area contributed by atoms with E-state index in [-0.39, 0.29) is 5.78 Å². The molecule has 0 unspecified atom stereocenters. The summed E-state index contributed by atoms with van der Waals surface area (Å²) in [5.41, 5.74) is 2.37. The summed E-state index contributed by atoms with van der Waals surface area (Å²) in [6.45, 7) is 0. The summed E-state index contributed by atoms with van der Waals surface area (Å²) in [7, 11) is 1.94. The zero-order valence-corrected chi connectivity index (χ0v) is 11.2. The van der Waals surface area contributed by atoms with Gasteiger partial charge in [0.2, 0.25) is 0 Å². The van der Waals surface area contributed by atoms with Crippen LogP contribution in [0.3, 0.4) is 0 Å². The van der Waals surface area contributed by atoms with Gasteiger partial charge in [-0.25, -0.2) is 0 Å². The molecule has 94 valence electrons. The van der Waals surface area contributed by atoms with Crippen molar-refractivity contribution < 1.29 is 4.79 Å². The molecule has 19 heavy (non-hydrogen) atoms. The highest BCUT2D eigenvalue weighted by atomic mass is 35.5. The number of hydrogen-bond acceptors (Lipinski definition) is 1. The van der Waals surface area contributed by atoms with Crippen molar-refractivity contribution in [1.29, 1.82) is 0 Å². The van der Waals surface area contributed by atoms with E-state index in [0.717, 1.165) is 10.9 Å². The van der Waals surface area contributed by atoms with Crippen LogP contribution < -0.4 is 0 Å². The number of rotatable bonds is 2. The quantitative estimate of drug-likeness (QED) is 0.643. The molecule has 0 atom stereocenters. The van der Waals surface area contributed by atoms with Crippen LogP contribution in [0.4, 0.5) is 0 Å². The number of aromatic nitrogens is 1. The van der Waals surface area contributed by atoms with Gasteiger partial charge in [-0.05, 0) is 18.2 Å². The van der Waals surface area contributed by atoms with Crippen LogP contribution >= 0.6 is 11.6 Å². The molecule has 1 aromatic heterocycles. The first-order valence-electron chi connectivity index (χ1n) is 6.01. The number of halogens is 1. The number of aryl methyl sites for hydroxylation is 1. The molecular formula is C16H12ClNO. The third-order valence-electron chi connectivity index (χ3n) is 3.23. The Balaban J connectivity index is 2.17. The molecule has 0 amide bonds. The van der Waals surface area contributed by atoms with E-state index in [9.17, 15) is 4.79 Å². The number of hydrogen-bond donors (Lipinski definition) is 0. The minimum absolute atomic E-state index is 0.000648. The van der Waals surface area contributed by atoms with Gasteiger partial charge in [-0.1, -0.05) is 41.9 Å². The van der Waals surface area contributed by atoms with Crippen molar-refractivity contribution in [2.75, 3.05) is 0 Å². The van der Waals surface area contributed by atoms with E-state index in [1.807, 2.05) is 42.1 Å². The molecule has 0 aliphatic heterocycles. The van der Waals surface area contributed by atoms with Crippen LogP contribution in [0.2, 0.25) is 5.02 Å². The number of benzene rings is 2. The first-order chi connectivity index (χ1) is 9.16. The second-order valence-electron chi connectivity index (χ2n) is 4.51. The standard InChI is InChI=1S/C16H12ClNO/c1-18-10-14(13-7-2-3-8-15(13)18)16(19)11-5-4-6-12(17)9-11/h2-10H,1H3. The van der Waals surface area contributed by atoms with Gasteiger partial charge < -0.3 is 4.57 Å². The highest BCUT2D eigenvalue weighted by molar-refractivity contribution is 6.31. The lowest BCUT2D eigenvalue weighted by Gasteiger charge is -2.00. The van der Waals surface area contributed by atoms with E-state index in [1.165, 1.54) is 0 Å². The maximum Gasteiger partial charge on any atom is 0.195 e. The van der Waals surface area contributed by atoms with Crippen molar-refractivity contribution in [3.8, 4) is 0 Å². The molecule has 3 heteroatoms. The Morgan fingerprint density at radius 1 is 1.11 bits per heavy atom. The zero-order valence-electron chi connectivity index (χ0n) is 10.4. The van der Waals surface area contributed by atoms with Crippen molar-refractivity contribution in [1.82, 2.24) is 4.57 Å². The number of fused-ring (bicyclic) bond motifs is 1. The van der Waals surface area contributed by atoms with Crippen LogP contribution in [-0.2, 0) is 7.05 Å². The molecule has 0 saturated carbocycles. The molecule has 0 N–H and O–H groups in total. The normalized spacial score (nSPS) is 10.8. The SMILES string of the molecule is Cn1cc(C(=O)c2cccc(Cl)c2)c2ccccc21. The third kappa shape index (κ3) is 2.04. The number of carbonyl (C=O) groups excluding carboxylic acids is 1. The Labute approximate surface area is 116 Å². The Hall–Kier alpha value is -2.06. The molecule has 3 aromatic rings. The molecular weight excluding hydrogens is 258 g/mol. The fourth-order valence-corrected chi connectivity index (χ4v) is 2.50. The summed E-state index contributed by atoms with van der Waals surface area (Å²) < 4.78 is 1.97. The van der Waals surface area contributed by atoms with Crippen LogP contribution in [0.25, 0.3) is 10.9 Å². The monoisotopic (exact) mass is 269 g/mol. The Kier molecular flexibility index (Phi) is 2.88. The number of carbonyl (C=O) groups is 1. The van der Waals surface area contributed by atoms with Crippen LogP contribution in [0.1, 0.15) is 15.9 Å². The topological polar surface area (TPSA) is 22.0 Å². The molecule has 2 aromatic carbocycles. The average molecular weight is 270 g/mol. The summed E-state index contributed by atoms with van der Waals surface area (Å²) >= 11 is 5.94. The van der Waals surface area contributed by atoms with Gasteiger partial charge >= 0.3 is 0 Å². The van der Waals surface area contributed by atoms with E-state index in [2.05, 4.69) is 0 Å². The van der Waals surface area contributed by atoms with E-state index in [0.29, 0.717) is 16.1 Å². The maximum atomic E-state index is 12.6. The second kappa shape index (κ2) is 4.56. The van der Waals surface area contributed by atoms with Crippen LogP contribution in [-0.4, -0.2) is 10.4 Å². The number of para-hydroxylation sites is 1. The molecule has 0 spiro atoms. The van der Waals surface area contributed by atoms with Crippen molar-refractivity contribution in [3.05, 3.63) is 70.9 Å². The number of nitrogens with zero attached hydrogens (tertiary/aromatic N) is 1. The summed E-state index contributed by atoms with van der Waals surface area (Å²) in [5, 5.41) is 1.54. The Morgan fingerprint density at radius 3 is 2.68 bits per heavy atom. The summed E-state index contributed by atoms with van der Waals surface area (Å²) in [6.07, 6.45) is 1.87. The third-order valence-corrected chi connectivity index (χ3v) is 3.46. The lowest BCUT2D eigenvalue weighted by atomic mass is 10.0. The van der Waals surface area contributed by atoms with Gasteiger partial charge in [0.05, 0.1) is 0 Å². The summed E-state index contributed by atoms with van der Waals surface area (Å²) in [4.78, 5) is 12.6. The Morgan fingerprint density at radius 2 is 1.89 bits per heavy atom. The van der Waals surface area contributed by atoms with Crippen molar-refractivity contribution in [2.24, 2.45) is 7.05 Å². The number of ketones is 1. The zero-order chi connectivity index (χ0) is 13.4. The first-order valence-corrected chi connectivity index (χ1v) is 6.39. The van der Waals surface area contributed by atoms with Crippen molar-refractivity contribution in [3.63, 3.8) is 0 Å². The van der Waals surface area contributed by atoms with E-state index >= 15 is 0 Å². The largest absolute Gasteiger partial charge is 0.350 e. The van der Waals surface area contributed by atoms with Gasteiger partial charge in [-0.15, -0.1) is 0 Å². The van der Waals surface area contributed by atoms with Crippen LogP contribution in [0, 0.1) is 0 Å². The van der Waals surface area contributed by atoms with Gasteiger partial charge in [0.15, 0.2) is 5.78 Å². The predicted octanol–water partition coefficient (Wildman–Crippen LogP) is 4.06. The lowest BCUT2D eigenvalue weighted by Crippen LogP contribution is -2.00. The average Bonchev–Trinajstić information content (AvgIpc) is 2.76. The van der Waals surface area contributed by atoms with Crippen molar-refractivity contribution >= 4 is 28.3 Å². The van der Waals surface area contributed by atoms with Crippen LogP contribution in [0.5, 0.6) is 0 Å². The minimum atomic E-state index is -0.000648. The molecule has 1 heterocycles. The van der Waals surface area contributed by atoms with Gasteiger partial charge in [0, 0.05) is 40.3 Å². The molecule has 0 aliphatic rings. The first kappa shape index (κ1) is 12.0. The minimum Gasteiger partial charge on any atom is -0.350 e. The summed E-state index contributed by atoms with van der Waals surface area (Å²) in [5.74, 6) is -0.000648. The molecule has 3 rings (SSSR count). The fourth-order valence-electron chi connectivity index (χ4n) is 2.31. The lowest BCUT2D eigenvalue weighted by molar-refractivity contribution is 0.104. The highest BCUT2D eigenvalue weighted by Gasteiger charge is 2.15. The fraction of sp³-hybridized carbons (Fsp3) is 0.0625. The maximum absolute atomic E-state index is 12.6. The predicted molar refractivity (Wildman–Crippen MR) is 77.8 cm³/mol. The molecule has 0 bridgehead atoms. The van der Waals surface area contributed by atoms with E-state index in [4.69, 9.17) is 11.6 Å². The van der Waals surface area contributed by atoms with E-state index in [1.54, 1.807) is 24.3 Å². The molecule has 2 nitrogen and oxygen atoms in total. The molecule has 0 fully saturated rings. The molecule has 0 aliphatic carbocycles. The molecule has 0 saturated heterocycles. The Bertz CT molecular complexity index is 773. The van der Waals surface area contributed by atoms with E-state index < -0.39 is 0 Å². The van der Waals surface area contributed by atoms with Gasteiger partial charge in [0.1, 0.15) is 0 Å². The highest BCUT2D eigenvalue weighted by Crippen LogP contribution is 2.23. The van der Waals surface area contributed by atoms with Crippen molar-refractivity contribution in [2.45, 2.75) is 0 Å². The second-order valence-corrected chi connectivity index (χ2v) is 4.95. The van der Waals surface area contributed by atoms with Gasteiger partial charge in [0.25, 0.3) is 0 Å². The molecule has 0 radical (unpaired) electrons. The summed E-state index contributed by atoms with van der Waals surface area (Å²) in [6, 6.07) is 14.9. The van der Waals surface area contributed by atoms with Gasteiger partial charge in [-0.3, -0.25) is 4.79 Å². The van der Waals surface area contributed by atoms with Gasteiger partial charge in [-0.2, -0.15) is 0 Å².